The van der Waals surface area contributed by atoms with Gasteiger partial charge in [0.1, 0.15) is 11.5 Å². The van der Waals surface area contributed by atoms with Crippen molar-refractivity contribution in [1.82, 2.24) is 0 Å². The van der Waals surface area contributed by atoms with Crippen molar-refractivity contribution in [2.45, 2.75) is 38.6 Å². The van der Waals surface area contributed by atoms with Crippen LogP contribution in [0, 0.1) is 5.92 Å². The van der Waals surface area contributed by atoms with E-state index in [1.165, 1.54) is 19.6 Å². The van der Waals surface area contributed by atoms with E-state index in [1.54, 1.807) is 20.3 Å². The Hall–Kier alpha value is -3.28. The van der Waals surface area contributed by atoms with Crippen LogP contribution >= 0.6 is 0 Å². The van der Waals surface area contributed by atoms with Gasteiger partial charge in [0.15, 0.2) is 0 Å². The molecule has 0 radical (unpaired) electrons. The molecule has 1 fully saturated rings. The molecule has 0 aliphatic heterocycles. The molecule has 0 N–H and O–H groups in total. The Labute approximate surface area is 189 Å². The van der Waals surface area contributed by atoms with Crippen molar-refractivity contribution in [3.05, 3.63) is 59.7 Å². The van der Waals surface area contributed by atoms with Crippen LogP contribution in [0.15, 0.2) is 48.5 Å². The Morgan fingerprint density at radius 1 is 0.969 bits per heavy atom. The van der Waals surface area contributed by atoms with Crippen LogP contribution in [-0.4, -0.2) is 33.2 Å². The Kier molecular flexibility index (Phi) is 8.31. The first kappa shape index (κ1) is 23.4. The number of methoxy groups -OCH3 is 3. The molecule has 1 saturated carbocycles. The predicted octanol–water partition coefficient (Wildman–Crippen LogP) is 5.00. The average molecular weight is 438 g/mol. The second kappa shape index (κ2) is 11.4. The number of amides is 1. The van der Waals surface area contributed by atoms with Gasteiger partial charge in [0, 0.05) is 23.7 Å². The molecule has 0 atom stereocenters. The lowest BCUT2D eigenvalue weighted by atomic mass is 9.88. The number of ether oxygens (including phenoxy) is 3. The third kappa shape index (κ3) is 6.13. The standard InChI is InChI=1S/C26H31NO5/c1-30-23-15-20(16-24(17-23)31-2)18-27(26(29)21-9-5-4-6-10-21)22-11-7-8-19(14-22)12-13-25(28)32-3/h7-8,11-17,21H,4-6,9-10,18H2,1-3H3/b13-12+. The van der Waals surface area contributed by atoms with Crippen LogP contribution in [0.3, 0.4) is 0 Å². The average Bonchev–Trinajstić information content (AvgIpc) is 2.85. The second-order valence-corrected chi connectivity index (χ2v) is 7.93. The zero-order valence-corrected chi connectivity index (χ0v) is 19.0. The molecule has 0 spiro atoms. The molecule has 32 heavy (non-hydrogen) atoms. The van der Waals surface area contributed by atoms with Crippen molar-refractivity contribution in [3.8, 4) is 11.5 Å². The van der Waals surface area contributed by atoms with Crippen LogP contribution < -0.4 is 14.4 Å². The number of carbonyl (C=O) groups excluding carboxylic acids is 2. The van der Waals surface area contributed by atoms with E-state index < -0.39 is 5.97 Å². The Morgan fingerprint density at radius 3 is 2.28 bits per heavy atom. The molecule has 0 saturated heterocycles. The third-order valence-electron chi connectivity index (χ3n) is 5.77. The van der Waals surface area contributed by atoms with Crippen LogP contribution in [0.1, 0.15) is 43.2 Å². The highest BCUT2D eigenvalue weighted by Crippen LogP contribution is 2.31. The Balaban J connectivity index is 1.95. The third-order valence-corrected chi connectivity index (χ3v) is 5.77. The molecule has 1 aliphatic rings. The first-order chi connectivity index (χ1) is 15.5. The maximum atomic E-state index is 13.6. The predicted molar refractivity (Wildman–Crippen MR) is 125 cm³/mol. The Morgan fingerprint density at radius 2 is 1.66 bits per heavy atom. The van der Waals surface area contributed by atoms with Crippen LogP contribution in [0.4, 0.5) is 5.69 Å². The minimum atomic E-state index is -0.422. The topological polar surface area (TPSA) is 65.1 Å². The summed E-state index contributed by atoms with van der Waals surface area (Å²) >= 11 is 0. The highest BCUT2D eigenvalue weighted by Gasteiger charge is 2.27. The fourth-order valence-electron chi connectivity index (χ4n) is 4.04. The van der Waals surface area contributed by atoms with Crippen molar-refractivity contribution >= 4 is 23.6 Å². The minimum absolute atomic E-state index is 0.0190. The summed E-state index contributed by atoms with van der Waals surface area (Å²) in [6, 6.07) is 13.3. The van der Waals surface area contributed by atoms with E-state index in [0.29, 0.717) is 18.0 Å². The van der Waals surface area contributed by atoms with Crippen LogP contribution in [-0.2, 0) is 20.9 Å². The number of anilines is 1. The number of rotatable bonds is 8. The van der Waals surface area contributed by atoms with Gasteiger partial charge < -0.3 is 19.1 Å². The smallest absolute Gasteiger partial charge is 0.330 e. The van der Waals surface area contributed by atoms with Gasteiger partial charge in [-0.3, -0.25) is 4.79 Å². The largest absolute Gasteiger partial charge is 0.497 e. The number of benzene rings is 2. The minimum Gasteiger partial charge on any atom is -0.497 e. The van der Waals surface area contributed by atoms with Crippen molar-refractivity contribution in [2.24, 2.45) is 5.92 Å². The van der Waals surface area contributed by atoms with Gasteiger partial charge >= 0.3 is 5.97 Å². The summed E-state index contributed by atoms with van der Waals surface area (Å²) in [7, 11) is 4.57. The number of hydrogen-bond donors (Lipinski definition) is 0. The van der Waals surface area contributed by atoms with E-state index >= 15 is 0 Å². The molecule has 2 aromatic carbocycles. The van der Waals surface area contributed by atoms with Crippen LogP contribution in [0.5, 0.6) is 11.5 Å². The molecule has 2 aromatic rings. The lowest BCUT2D eigenvalue weighted by Crippen LogP contribution is -2.36. The highest BCUT2D eigenvalue weighted by molar-refractivity contribution is 5.95. The summed E-state index contributed by atoms with van der Waals surface area (Å²) in [6.07, 6.45) is 8.24. The molecule has 1 aliphatic carbocycles. The maximum Gasteiger partial charge on any atom is 0.330 e. The van der Waals surface area contributed by atoms with Gasteiger partial charge in [0.05, 0.1) is 27.9 Å². The molecule has 6 heteroatoms. The normalized spacial score (nSPS) is 14.2. The number of nitrogens with zero attached hydrogens (tertiary/aromatic N) is 1. The Bertz CT molecular complexity index is 940. The number of esters is 1. The van der Waals surface area contributed by atoms with E-state index in [1.807, 2.05) is 47.4 Å². The number of carbonyl (C=O) groups is 2. The lowest BCUT2D eigenvalue weighted by Gasteiger charge is -2.30. The van der Waals surface area contributed by atoms with Gasteiger partial charge in [-0.05, 0) is 54.3 Å². The quantitative estimate of drug-likeness (QED) is 0.429. The molecule has 3 rings (SSSR count). The highest BCUT2D eigenvalue weighted by atomic mass is 16.5. The summed E-state index contributed by atoms with van der Waals surface area (Å²) in [5.41, 5.74) is 2.52. The molecule has 1 amide bonds. The van der Waals surface area contributed by atoms with E-state index in [0.717, 1.165) is 42.5 Å². The zero-order chi connectivity index (χ0) is 22.9. The molecular weight excluding hydrogens is 406 g/mol. The summed E-state index contributed by atoms with van der Waals surface area (Å²) in [6.45, 7) is 0.396. The first-order valence-electron chi connectivity index (χ1n) is 10.9. The van der Waals surface area contributed by atoms with Crippen LogP contribution in [0.25, 0.3) is 6.08 Å². The van der Waals surface area contributed by atoms with Crippen molar-refractivity contribution < 1.29 is 23.8 Å². The molecular formula is C26H31NO5. The van der Waals surface area contributed by atoms with Gasteiger partial charge in [0.25, 0.3) is 0 Å². The first-order valence-corrected chi connectivity index (χ1v) is 10.9. The summed E-state index contributed by atoms with van der Waals surface area (Å²) in [4.78, 5) is 26.9. The SMILES string of the molecule is COC(=O)/C=C/c1cccc(N(Cc2cc(OC)cc(OC)c2)C(=O)C2CCCCC2)c1. The van der Waals surface area contributed by atoms with E-state index in [4.69, 9.17) is 9.47 Å². The summed E-state index contributed by atoms with van der Waals surface area (Å²) < 4.78 is 15.5. The van der Waals surface area contributed by atoms with Crippen molar-refractivity contribution in [2.75, 3.05) is 26.2 Å². The molecule has 170 valence electrons. The zero-order valence-electron chi connectivity index (χ0n) is 19.0. The van der Waals surface area contributed by atoms with E-state index in [9.17, 15) is 9.59 Å². The monoisotopic (exact) mass is 437 g/mol. The summed E-state index contributed by atoms with van der Waals surface area (Å²) in [5, 5.41) is 0. The molecule has 6 nitrogen and oxygen atoms in total. The lowest BCUT2D eigenvalue weighted by molar-refractivity contribution is -0.134. The van der Waals surface area contributed by atoms with Crippen molar-refractivity contribution in [3.63, 3.8) is 0 Å². The maximum absolute atomic E-state index is 13.6. The van der Waals surface area contributed by atoms with Crippen LogP contribution in [0.2, 0.25) is 0 Å². The fraction of sp³-hybridized carbons (Fsp3) is 0.385. The molecule has 0 heterocycles. The van der Waals surface area contributed by atoms with Gasteiger partial charge in [-0.15, -0.1) is 0 Å². The number of hydrogen-bond acceptors (Lipinski definition) is 5. The van der Waals surface area contributed by atoms with E-state index in [-0.39, 0.29) is 11.8 Å². The van der Waals surface area contributed by atoms with Crippen molar-refractivity contribution in [1.29, 1.82) is 0 Å². The van der Waals surface area contributed by atoms with Gasteiger partial charge in [0.2, 0.25) is 5.91 Å². The molecule has 0 bridgehead atoms. The van der Waals surface area contributed by atoms with E-state index in [2.05, 4.69) is 4.74 Å². The van der Waals surface area contributed by atoms with Gasteiger partial charge in [-0.1, -0.05) is 31.4 Å². The van der Waals surface area contributed by atoms with Gasteiger partial charge in [-0.2, -0.15) is 0 Å². The summed E-state index contributed by atoms with van der Waals surface area (Å²) in [5.74, 6) is 1.08. The molecule has 0 unspecified atom stereocenters. The fourth-order valence-corrected chi connectivity index (χ4v) is 4.04. The van der Waals surface area contributed by atoms with Gasteiger partial charge in [-0.25, -0.2) is 4.79 Å². The molecule has 0 aromatic heterocycles. The second-order valence-electron chi connectivity index (χ2n) is 7.93.